The van der Waals surface area contributed by atoms with Gasteiger partial charge in [0.15, 0.2) is 0 Å². The second-order valence-electron chi connectivity index (χ2n) is 17.5. The first kappa shape index (κ1) is 44.8. The second-order valence-corrected chi connectivity index (χ2v) is 17.5. The van der Waals surface area contributed by atoms with Crippen molar-refractivity contribution in [3.05, 3.63) is 0 Å². The molecule has 0 N–H and O–H groups in total. The molecule has 5 aliphatic heterocycles. The molecule has 5 aliphatic rings. The third-order valence-electron chi connectivity index (χ3n) is 13.3. The Labute approximate surface area is 335 Å². The van der Waals surface area contributed by atoms with Crippen LogP contribution < -0.4 is 0 Å². The molecule has 0 aromatic heterocycles. The summed E-state index contributed by atoms with van der Waals surface area (Å²) in [6, 6.07) is 0. The zero-order chi connectivity index (χ0) is 40.5. The minimum absolute atomic E-state index is 0.116. The molecule has 5 fully saturated rings. The van der Waals surface area contributed by atoms with Gasteiger partial charge >= 0.3 is 23.9 Å². The molecule has 56 heavy (non-hydrogen) atoms. The number of carbonyl (C=O) groups is 4. The predicted molar refractivity (Wildman–Crippen MR) is 207 cm³/mol. The third kappa shape index (κ3) is 11.9. The molecule has 12 nitrogen and oxygen atoms in total. The first-order chi connectivity index (χ1) is 26.8. The highest BCUT2D eigenvalue weighted by Crippen LogP contribution is 2.35. The SMILES string of the molecule is CC[C@@H]1C[C@@H]2CC[C@H](O2)[C@@H](C)C(=O)O[C@@H](CC)C[C@@H]2CC[C@@H](O2)[C@H](C)C(=O)O[C@H](CC)C[C@H]2CC[C@H](O2)[C@@H](C)C(=O)O[C@H](CC)C[C@H]2CC[C@@H](O2)[C@H](C)C(=O)O1. The van der Waals surface area contributed by atoms with Crippen LogP contribution in [0.5, 0.6) is 0 Å². The van der Waals surface area contributed by atoms with Gasteiger partial charge in [0.1, 0.15) is 24.4 Å². The summed E-state index contributed by atoms with van der Waals surface area (Å²) in [6.45, 7) is 15.5. The molecular formula is C44H72O12. The number of hydrogen-bond donors (Lipinski definition) is 0. The summed E-state index contributed by atoms with van der Waals surface area (Å²) in [7, 11) is 0. The van der Waals surface area contributed by atoms with Crippen molar-refractivity contribution in [2.75, 3.05) is 0 Å². The van der Waals surface area contributed by atoms with Crippen molar-refractivity contribution in [1.29, 1.82) is 0 Å². The van der Waals surface area contributed by atoms with E-state index in [9.17, 15) is 19.2 Å². The zero-order valence-corrected chi connectivity index (χ0v) is 35.5. The molecular weight excluding hydrogens is 720 g/mol. The summed E-state index contributed by atoms with van der Waals surface area (Å²) in [4.78, 5) is 53.5. The highest BCUT2D eigenvalue weighted by Gasteiger charge is 2.41. The van der Waals surface area contributed by atoms with Gasteiger partial charge in [-0.15, -0.1) is 0 Å². The number of carbonyl (C=O) groups excluding carboxylic acids is 4. The minimum Gasteiger partial charge on any atom is -0.462 e. The lowest BCUT2D eigenvalue weighted by atomic mass is 9.99. The lowest BCUT2D eigenvalue weighted by Crippen LogP contribution is -2.35. The minimum atomic E-state index is -0.434. The Kier molecular flexibility index (Phi) is 16.9. The van der Waals surface area contributed by atoms with Crippen LogP contribution in [-0.4, -0.2) is 97.1 Å². The monoisotopic (exact) mass is 793 g/mol. The van der Waals surface area contributed by atoms with Crippen molar-refractivity contribution < 1.29 is 57.1 Å². The van der Waals surface area contributed by atoms with Crippen LogP contribution in [-0.2, 0) is 57.1 Å². The van der Waals surface area contributed by atoms with Gasteiger partial charge in [-0.05, 0) is 105 Å². The molecule has 8 bridgehead atoms. The van der Waals surface area contributed by atoms with Gasteiger partial charge in [-0.3, -0.25) is 19.2 Å². The average molecular weight is 793 g/mol. The van der Waals surface area contributed by atoms with Gasteiger partial charge in [0.05, 0.1) is 72.5 Å². The van der Waals surface area contributed by atoms with E-state index >= 15 is 0 Å². The van der Waals surface area contributed by atoms with E-state index in [0.29, 0.717) is 51.4 Å². The van der Waals surface area contributed by atoms with Crippen molar-refractivity contribution in [2.45, 2.75) is 231 Å². The van der Waals surface area contributed by atoms with Gasteiger partial charge < -0.3 is 37.9 Å². The maximum Gasteiger partial charge on any atom is 0.311 e. The Morgan fingerprint density at radius 1 is 0.357 bits per heavy atom. The molecule has 0 aromatic rings. The van der Waals surface area contributed by atoms with Crippen LogP contribution >= 0.6 is 0 Å². The molecule has 0 aliphatic carbocycles. The van der Waals surface area contributed by atoms with E-state index in [1.807, 2.05) is 55.4 Å². The van der Waals surface area contributed by atoms with Crippen molar-refractivity contribution in [1.82, 2.24) is 0 Å². The van der Waals surface area contributed by atoms with Crippen LogP contribution in [0.3, 0.4) is 0 Å². The molecule has 0 radical (unpaired) electrons. The molecule has 320 valence electrons. The number of rotatable bonds is 4. The number of ether oxygens (including phenoxy) is 8. The quantitative estimate of drug-likeness (QED) is 0.205. The number of cyclic esters (lactones) is 4. The standard InChI is InChI=1S/C44H72O12/c1-9-29-21-33-13-17-38(49-33)26(6)42(46)54-31(11-3)23-35-15-19-40(51-35)28(8)44(48)56-32(12-4)24-36-16-20-39(52-36)27(7)43(47)55-30(10-2)22-34-14-18-37(50-34)25(5)41(45)53-29/h25-40H,9-24H2,1-8H3/t25-,26+,27+,28-,29-,30-,31-,32+,33-,34-,35+,36+,37+,38-,39-,40+/m1/s1. The Morgan fingerprint density at radius 3 is 0.732 bits per heavy atom. The van der Waals surface area contributed by atoms with E-state index in [1.54, 1.807) is 0 Å². The summed E-state index contributed by atoms with van der Waals surface area (Å²) in [5, 5.41) is 0. The Bertz CT molecular complexity index is 1100. The summed E-state index contributed by atoms with van der Waals surface area (Å²) < 4.78 is 49.6. The van der Waals surface area contributed by atoms with E-state index in [-0.39, 0.29) is 97.1 Å². The topological polar surface area (TPSA) is 142 Å². The molecule has 5 heterocycles. The summed E-state index contributed by atoms with van der Waals surface area (Å²) in [5.41, 5.74) is 0. The van der Waals surface area contributed by atoms with Gasteiger partial charge in [0.2, 0.25) is 0 Å². The molecule has 12 heteroatoms. The smallest absolute Gasteiger partial charge is 0.311 e. The highest BCUT2D eigenvalue weighted by molar-refractivity contribution is 5.74. The van der Waals surface area contributed by atoms with Crippen LogP contribution in [0.4, 0.5) is 0 Å². The normalized spacial score (nSPS) is 42.9. The molecule has 0 aromatic carbocycles. The van der Waals surface area contributed by atoms with Gasteiger partial charge in [0.25, 0.3) is 0 Å². The second kappa shape index (κ2) is 21.1. The van der Waals surface area contributed by atoms with E-state index in [0.717, 1.165) is 51.4 Å². The van der Waals surface area contributed by atoms with E-state index in [4.69, 9.17) is 37.9 Å². The van der Waals surface area contributed by atoms with Crippen LogP contribution in [0.15, 0.2) is 0 Å². The van der Waals surface area contributed by atoms with Crippen LogP contribution in [0.2, 0.25) is 0 Å². The molecule has 0 amide bonds. The van der Waals surface area contributed by atoms with Crippen molar-refractivity contribution in [3.8, 4) is 0 Å². The molecule has 0 spiro atoms. The Balaban J connectivity index is 1.24. The van der Waals surface area contributed by atoms with Crippen LogP contribution in [0.1, 0.15) is 158 Å². The maximum atomic E-state index is 13.4. The van der Waals surface area contributed by atoms with E-state index in [2.05, 4.69) is 0 Å². The predicted octanol–water partition coefficient (Wildman–Crippen LogP) is 7.58. The summed E-state index contributed by atoms with van der Waals surface area (Å²) in [6.07, 6.45) is 8.23. The zero-order valence-electron chi connectivity index (χ0n) is 35.5. The lowest BCUT2D eigenvalue weighted by molar-refractivity contribution is -0.162. The summed E-state index contributed by atoms with van der Waals surface area (Å²) >= 11 is 0. The molecule has 0 saturated carbocycles. The van der Waals surface area contributed by atoms with Gasteiger partial charge in [-0.25, -0.2) is 0 Å². The van der Waals surface area contributed by atoms with Crippen LogP contribution in [0, 0.1) is 23.7 Å². The largest absolute Gasteiger partial charge is 0.462 e. The third-order valence-corrected chi connectivity index (χ3v) is 13.3. The first-order valence-electron chi connectivity index (χ1n) is 22.3. The molecule has 5 saturated heterocycles. The molecule has 16 atom stereocenters. The maximum absolute atomic E-state index is 13.4. The molecule has 5 rings (SSSR count). The fraction of sp³-hybridized carbons (Fsp3) is 0.909. The van der Waals surface area contributed by atoms with Gasteiger partial charge in [0, 0.05) is 25.7 Å². The van der Waals surface area contributed by atoms with Gasteiger partial charge in [-0.2, -0.15) is 0 Å². The highest BCUT2D eigenvalue weighted by atomic mass is 16.6. The lowest BCUT2D eigenvalue weighted by Gasteiger charge is -2.27. The summed E-state index contributed by atoms with van der Waals surface area (Å²) in [5.74, 6) is -2.83. The fourth-order valence-electron chi connectivity index (χ4n) is 9.16. The van der Waals surface area contributed by atoms with Gasteiger partial charge in [-0.1, -0.05) is 27.7 Å². The Morgan fingerprint density at radius 2 is 0.554 bits per heavy atom. The van der Waals surface area contributed by atoms with Crippen molar-refractivity contribution in [3.63, 3.8) is 0 Å². The first-order valence-corrected chi connectivity index (χ1v) is 22.3. The Hall–Kier alpha value is -2.28. The fourth-order valence-corrected chi connectivity index (χ4v) is 9.16. The van der Waals surface area contributed by atoms with Crippen molar-refractivity contribution in [2.24, 2.45) is 23.7 Å². The van der Waals surface area contributed by atoms with E-state index in [1.165, 1.54) is 0 Å². The van der Waals surface area contributed by atoms with Crippen molar-refractivity contribution >= 4 is 23.9 Å². The number of hydrogen-bond acceptors (Lipinski definition) is 12. The van der Waals surface area contributed by atoms with E-state index < -0.39 is 23.7 Å². The number of esters is 4. The number of fused-ring (bicyclic) bond motifs is 8. The van der Waals surface area contributed by atoms with Crippen LogP contribution in [0.25, 0.3) is 0 Å². The molecule has 0 unspecified atom stereocenters. The average Bonchev–Trinajstić information content (AvgIpc) is 4.03.